The minimum Gasteiger partial charge on any atom is -0.495 e. The van der Waals surface area contributed by atoms with Crippen molar-refractivity contribution in [1.29, 1.82) is 0 Å². The van der Waals surface area contributed by atoms with Crippen LogP contribution in [0.3, 0.4) is 0 Å². The molecule has 0 spiro atoms. The van der Waals surface area contributed by atoms with Crippen LogP contribution in [0.25, 0.3) is 0 Å². The fraction of sp³-hybridized carbons (Fsp3) is 0.0714. The Morgan fingerprint density at radius 2 is 1.95 bits per heavy atom. The van der Waals surface area contributed by atoms with Gasteiger partial charge in [0.1, 0.15) is 5.75 Å². The van der Waals surface area contributed by atoms with Crippen molar-refractivity contribution in [2.24, 2.45) is 0 Å². The van der Waals surface area contributed by atoms with E-state index in [0.29, 0.717) is 10.8 Å². The number of nitro benzene ring substituents is 1. The highest BCUT2D eigenvalue weighted by atomic mass is 35.5. The summed E-state index contributed by atoms with van der Waals surface area (Å²) >= 11 is 11.7. The number of nitrogens with zero attached hydrogens (tertiary/aromatic N) is 1. The van der Waals surface area contributed by atoms with Gasteiger partial charge in [0, 0.05) is 17.2 Å². The molecule has 2 aromatic carbocycles. The van der Waals surface area contributed by atoms with Crippen LogP contribution in [0.4, 0.5) is 11.4 Å². The van der Waals surface area contributed by atoms with E-state index in [1.54, 1.807) is 0 Å². The number of methoxy groups -OCH3 is 1. The number of carbonyl (C=O) groups excluding carboxylic acids is 1. The van der Waals surface area contributed by atoms with Crippen LogP contribution in [0.5, 0.6) is 5.75 Å². The van der Waals surface area contributed by atoms with E-state index in [1.165, 1.54) is 43.5 Å². The summed E-state index contributed by atoms with van der Waals surface area (Å²) in [6.45, 7) is 0. The number of rotatable bonds is 4. The predicted molar refractivity (Wildman–Crippen MR) is 84.1 cm³/mol. The van der Waals surface area contributed by atoms with Crippen molar-refractivity contribution in [2.45, 2.75) is 0 Å². The zero-order valence-electron chi connectivity index (χ0n) is 11.3. The van der Waals surface area contributed by atoms with Gasteiger partial charge < -0.3 is 10.1 Å². The molecule has 1 N–H and O–H groups in total. The van der Waals surface area contributed by atoms with E-state index in [4.69, 9.17) is 27.9 Å². The van der Waals surface area contributed by atoms with Crippen LogP contribution in [0.15, 0.2) is 36.4 Å². The smallest absolute Gasteiger partial charge is 0.271 e. The van der Waals surface area contributed by atoms with Crippen molar-refractivity contribution in [1.82, 2.24) is 0 Å². The highest BCUT2D eigenvalue weighted by Crippen LogP contribution is 2.30. The average Bonchev–Trinajstić information content (AvgIpc) is 2.46. The van der Waals surface area contributed by atoms with E-state index in [2.05, 4.69) is 5.32 Å². The predicted octanol–water partition coefficient (Wildman–Crippen LogP) is 4.16. The first-order chi connectivity index (χ1) is 10.4. The number of hydrogen-bond donors (Lipinski definition) is 1. The Labute approximate surface area is 135 Å². The minimum absolute atomic E-state index is 0.168. The van der Waals surface area contributed by atoms with E-state index < -0.39 is 10.8 Å². The van der Waals surface area contributed by atoms with Crippen LogP contribution < -0.4 is 10.1 Å². The van der Waals surface area contributed by atoms with Gasteiger partial charge in [-0.3, -0.25) is 14.9 Å². The van der Waals surface area contributed by atoms with E-state index in [0.717, 1.165) is 0 Å². The standard InChI is InChI=1S/C14H10Cl2N2O4/c1-22-13-5-3-9(18(20)21)7-12(13)17-14(19)10-4-2-8(15)6-11(10)16/h2-7H,1H3,(H,17,19). The number of non-ortho nitro benzene ring substituents is 1. The average molecular weight is 341 g/mol. The van der Waals surface area contributed by atoms with Crippen molar-refractivity contribution < 1.29 is 14.5 Å². The van der Waals surface area contributed by atoms with Gasteiger partial charge in [-0.2, -0.15) is 0 Å². The maximum Gasteiger partial charge on any atom is 0.271 e. The Morgan fingerprint density at radius 1 is 1.23 bits per heavy atom. The van der Waals surface area contributed by atoms with Crippen LogP contribution in [0.1, 0.15) is 10.4 Å². The molecule has 1 amide bonds. The second-order valence-corrected chi connectivity index (χ2v) is 5.06. The molecule has 0 radical (unpaired) electrons. The van der Waals surface area contributed by atoms with Gasteiger partial charge >= 0.3 is 0 Å². The third-order valence-corrected chi connectivity index (χ3v) is 3.37. The summed E-state index contributed by atoms with van der Waals surface area (Å²) < 4.78 is 5.07. The molecule has 0 bridgehead atoms. The van der Waals surface area contributed by atoms with Gasteiger partial charge in [0.05, 0.1) is 28.3 Å². The van der Waals surface area contributed by atoms with Crippen LogP contribution >= 0.6 is 23.2 Å². The number of benzene rings is 2. The summed E-state index contributed by atoms with van der Waals surface area (Å²) in [6.07, 6.45) is 0. The molecule has 0 saturated carbocycles. The second-order valence-electron chi connectivity index (χ2n) is 4.22. The van der Waals surface area contributed by atoms with Gasteiger partial charge in [-0.05, 0) is 24.3 Å². The summed E-state index contributed by atoms with van der Waals surface area (Å²) in [4.78, 5) is 22.5. The molecule has 0 aliphatic heterocycles. The van der Waals surface area contributed by atoms with Gasteiger partial charge in [-0.15, -0.1) is 0 Å². The Kier molecular flexibility index (Phi) is 4.85. The molecule has 22 heavy (non-hydrogen) atoms. The molecular weight excluding hydrogens is 331 g/mol. The number of amides is 1. The molecule has 0 unspecified atom stereocenters. The number of nitro groups is 1. The molecule has 0 fully saturated rings. The minimum atomic E-state index is -0.565. The lowest BCUT2D eigenvalue weighted by Gasteiger charge is -2.11. The first-order valence-corrected chi connectivity index (χ1v) is 6.77. The molecule has 6 nitrogen and oxygen atoms in total. The van der Waals surface area contributed by atoms with E-state index >= 15 is 0 Å². The number of nitrogens with one attached hydrogen (secondary N) is 1. The molecule has 2 rings (SSSR count). The van der Waals surface area contributed by atoms with E-state index in [1.807, 2.05) is 0 Å². The first-order valence-electron chi connectivity index (χ1n) is 6.01. The van der Waals surface area contributed by atoms with Gasteiger partial charge in [-0.25, -0.2) is 0 Å². The van der Waals surface area contributed by atoms with Crippen LogP contribution in [0, 0.1) is 10.1 Å². The lowest BCUT2D eigenvalue weighted by atomic mass is 10.2. The Bertz CT molecular complexity index is 750. The van der Waals surface area contributed by atoms with Crippen LogP contribution in [-0.4, -0.2) is 17.9 Å². The molecule has 2 aromatic rings. The van der Waals surface area contributed by atoms with Gasteiger partial charge in [-0.1, -0.05) is 23.2 Å². The van der Waals surface area contributed by atoms with Gasteiger partial charge in [0.25, 0.3) is 11.6 Å². The van der Waals surface area contributed by atoms with Crippen molar-refractivity contribution in [2.75, 3.05) is 12.4 Å². The quantitative estimate of drug-likeness (QED) is 0.669. The zero-order chi connectivity index (χ0) is 16.3. The number of ether oxygens (including phenoxy) is 1. The molecule has 8 heteroatoms. The lowest BCUT2D eigenvalue weighted by Crippen LogP contribution is -2.13. The molecule has 0 heterocycles. The first kappa shape index (κ1) is 16.1. The number of halogens is 2. The third-order valence-electron chi connectivity index (χ3n) is 2.82. The summed E-state index contributed by atoms with van der Waals surface area (Å²) in [5.74, 6) is -0.232. The van der Waals surface area contributed by atoms with Crippen molar-refractivity contribution >= 4 is 40.5 Å². The normalized spacial score (nSPS) is 10.1. The molecule has 0 atom stereocenters. The highest BCUT2D eigenvalue weighted by molar-refractivity contribution is 6.37. The van der Waals surface area contributed by atoms with Crippen LogP contribution in [-0.2, 0) is 0 Å². The fourth-order valence-electron chi connectivity index (χ4n) is 1.77. The molecule has 0 aliphatic rings. The maximum atomic E-state index is 12.2. The summed E-state index contributed by atoms with van der Waals surface area (Å²) in [5, 5.41) is 13.9. The molecule has 0 aliphatic carbocycles. The Hall–Kier alpha value is -2.31. The summed E-state index contributed by atoms with van der Waals surface area (Å²) in [7, 11) is 1.39. The number of anilines is 1. The van der Waals surface area contributed by atoms with E-state index in [-0.39, 0.29) is 22.0 Å². The van der Waals surface area contributed by atoms with Gasteiger partial charge in [0.2, 0.25) is 0 Å². The van der Waals surface area contributed by atoms with Crippen molar-refractivity contribution in [3.8, 4) is 5.75 Å². The fourth-order valence-corrected chi connectivity index (χ4v) is 2.26. The van der Waals surface area contributed by atoms with Crippen molar-refractivity contribution in [3.05, 3.63) is 62.1 Å². The highest BCUT2D eigenvalue weighted by Gasteiger charge is 2.16. The largest absolute Gasteiger partial charge is 0.495 e. The topological polar surface area (TPSA) is 81.5 Å². The Balaban J connectivity index is 2.34. The maximum absolute atomic E-state index is 12.2. The van der Waals surface area contributed by atoms with Crippen molar-refractivity contribution in [3.63, 3.8) is 0 Å². The number of carbonyl (C=O) groups is 1. The van der Waals surface area contributed by atoms with Crippen LogP contribution in [0.2, 0.25) is 10.0 Å². The van der Waals surface area contributed by atoms with Gasteiger partial charge in [0.15, 0.2) is 0 Å². The second kappa shape index (κ2) is 6.64. The Morgan fingerprint density at radius 3 is 2.55 bits per heavy atom. The third kappa shape index (κ3) is 3.47. The molecule has 0 aromatic heterocycles. The molecular formula is C14H10Cl2N2O4. The monoisotopic (exact) mass is 340 g/mol. The summed E-state index contributed by atoms with van der Waals surface area (Å²) in [6, 6.07) is 8.31. The SMILES string of the molecule is COc1ccc([N+](=O)[O-])cc1NC(=O)c1ccc(Cl)cc1Cl. The lowest BCUT2D eigenvalue weighted by molar-refractivity contribution is -0.384. The zero-order valence-corrected chi connectivity index (χ0v) is 12.8. The van der Waals surface area contributed by atoms with E-state index in [9.17, 15) is 14.9 Å². The summed E-state index contributed by atoms with van der Waals surface area (Å²) in [5.41, 5.74) is 0.200. The number of hydrogen-bond acceptors (Lipinski definition) is 4. The molecule has 0 saturated heterocycles. The molecule has 114 valence electrons.